The van der Waals surface area contributed by atoms with Crippen molar-refractivity contribution < 1.29 is 94.2 Å². The average Bonchev–Trinajstić information content (AvgIpc) is 2.24. The van der Waals surface area contributed by atoms with Crippen molar-refractivity contribution in [3.05, 3.63) is 0 Å². The normalized spacial score (nSPS) is 9.62. The molecule has 0 saturated heterocycles. The third-order valence-corrected chi connectivity index (χ3v) is 3.18. The molecule has 0 aromatic heterocycles. The van der Waals surface area contributed by atoms with Crippen molar-refractivity contribution in [3.63, 3.8) is 0 Å². The molecule has 0 atom stereocenters. The molecule has 0 aromatic rings. The number of hydrogen-bond donors (Lipinski definition) is 0. The molecule has 120 valence electrons. The quantitative estimate of drug-likeness (QED) is 0.149. The maximum atomic E-state index is 10.1. The van der Waals surface area contributed by atoms with E-state index < -0.39 is 10.4 Å². The van der Waals surface area contributed by atoms with Gasteiger partial charge in [0.2, 0.25) is 10.4 Å². The molecule has 0 bridgehead atoms. The molecule has 2 N–H and O–H groups in total. The minimum atomic E-state index is -4.48. The molecule has 0 heterocycles. The van der Waals surface area contributed by atoms with Gasteiger partial charge in [-0.1, -0.05) is 64.7 Å². The van der Waals surface area contributed by atoms with Crippen molar-refractivity contribution in [1.29, 1.82) is 0 Å². The zero-order chi connectivity index (χ0) is 13.0. The van der Waals surface area contributed by atoms with Crippen LogP contribution in [0, 0.1) is 0 Å². The molecule has 0 aromatic carbocycles. The van der Waals surface area contributed by atoms with Gasteiger partial charge in [0, 0.05) is 0 Å². The molecule has 0 aliphatic heterocycles. The van der Waals surface area contributed by atoms with Gasteiger partial charge in [-0.15, -0.1) is 0 Å². The van der Waals surface area contributed by atoms with Crippen LogP contribution in [0.3, 0.4) is 0 Å². The van der Waals surface area contributed by atoms with E-state index in [2.05, 4.69) is 11.1 Å². The first-order valence-electron chi connectivity index (χ1n) is 6.66. The van der Waals surface area contributed by atoms with Crippen LogP contribution in [0.25, 0.3) is 0 Å². The standard InChI is InChI=1S/C12H26O4S.ClH.2Na.H2O/c1-2-3-4-5-6-7-8-9-10-11-12-16-17(13,14)15;;;;/h2-12H2,1H3,(H,13,14,15);1H;;;1H2/q;;2*+1;/p-2. The Bertz CT molecular complexity index is 266. The third-order valence-electron chi connectivity index (χ3n) is 2.73. The summed E-state index contributed by atoms with van der Waals surface area (Å²) >= 11 is 0. The predicted octanol–water partition coefficient (Wildman–Crippen LogP) is -6.43. The fourth-order valence-electron chi connectivity index (χ4n) is 1.75. The minimum absolute atomic E-state index is 0. The van der Waals surface area contributed by atoms with E-state index in [0.29, 0.717) is 6.42 Å². The van der Waals surface area contributed by atoms with Crippen LogP contribution in [0.15, 0.2) is 0 Å². The Labute approximate surface area is 180 Å². The first-order valence-corrected chi connectivity index (χ1v) is 8.00. The summed E-state index contributed by atoms with van der Waals surface area (Å²) in [6.07, 6.45) is 11.7. The maximum Gasteiger partial charge on any atom is 1.00 e. The fourth-order valence-corrected chi connectivity index (χ4v) is 2.07. The topological polar surface area (TPSA) is 97.9 Å². The Morgan fingerprint density at radius 3 is 1.48 bits per heavy atom. The van der Waals surface area contributed by atoms with Gasteiger partial charge in [0.15, 0.2) is 0 Å². The Hall–Kier alpha value is 2.12. The van der Waals surface area contributed by atoms with Crippen LogP contribution in [0.4, 0.5) is 0 Å². The molecule has 0 saturated carbocycles. The molecule has 0 rings (SSSR count). The zero-order valence-corrected chi connectivity index (χ0v) is 19.3. The van der Waals surface area contributed by atoms with Gasteiger partial charge in [-0.25, -0.2) is 8.42 Å². The van der Waals surface area contributed by atoms with Crippen LogP contribution in [0.5, 0.6) is 0 Å². The van der Waals surface area contributed by atoms with E-state index in [0.717, 1.165) is 12.8 Å². The van der Waals surface area contributed by atoms with Gasteiger partial charge in [0.05, 0.1) is 6.61 Å². The summed E-state index contributed by atoms with van der Waals surface area (Å²) in [6, 6.07) is 0. The van der Waals surface area contributed by atoms with Crippen molar-refractivity contribution in [2.45, 2.75) is 71.1 Å². The summed E-state index contributed by atoms with van der Waals surface area (Å²) in [6.45, 7) is 2.24. The van der Waals surface area contributed by atoms with Crippen LogP contribution in [0.1, 0.15) is 71.1 Å². The molecule has 0 spiro atoms. The van der Waals surface area contributed by atoms with E-state index in [1.165, 1.54) is 44.9 Å². The molecular formula is C12H27ClNa2O5S. The maximum absolute atomic E-state index is 10.1. The molecule has 0 aliphatic carbocycles. The molecule has 21 heavy (non-hydrogen) atoms. The molecular weight excluding hydrogens is 338 g/mol. The summed E-state index contributed by atoms with van der Waals surface area (Å²) in [7, 11) is -4.48. The summed E-state index contributed by atoms with van der Waals surface area (Å²) in [5.74, 6) is 0. The number of halogens is 1. The van der Waals surface area contributed by atoms with E-state index in [-0.39, 0.29) is 83.6 Å². The van der Waals surface area contributed by atoms with Crippen LogP contribution in [0.2, 0.25) is 0 Å². The van der Waals surface area contributed by atoms with Gasteiger partial charge in [-0.3, -0.25) is 4.18 Å². The first kappa shape index (κ1) is 34.5. The second-order valence-electron chi connectivity index (χ2n) is 4.41. The summed E-state index contributed by atoms with van der Waals surface area (Å²) in [5.41, 5.74) is 0. The van der Waals surface area contributed by atoms with E-state index >= 15 is 0 Å². The second kappa shape index (κ2) is 24.4. The molecule has 0 amide bonds. The van der Waals surface area contributed by atoms with Crippen molar-refractivity contribution in [2.75, 3.05) is 6.61 Å². The van der Waals surface area contributed by atoms with Crippen molar-refractivity contribution in [3.8, 4) is 0 Å². The van der Waals surface area contributed by atoms with Crippen LogP contribution < -0.4 is 71.5 Å². The van der Waals surface area contributed by atoms with Gasteiger partial charge in [-0.05, 0) is 6.42 Å². The second-order valence-corrected chi connectivity index (χ2v) is 5.46. The fraction of sp³-hybridized carbons (Fsp3) is 1.00. The Morgan fingerprint density at radius 2 is 1.14 bits per heavy atom. The van der Waals surface area contributed by atoms with Crippen LogP contribution in [-0.4, -0.2) is 25.1 Å². The minimum Gasteiger partial charge on any atom is -1.00 e. The van der Waals surface area contributed by atoms with Gasteiger partial charge in [0.1, 0.15) is 0 Å². The van der Waals surface area contributed by atoms with Gasteiger partial charge >= 0.3 is 59.1 Å². The Balaban J connectivity index is -0.000000213. The summed E-state index contributed by atoms with van der Waals surface area (Å²) in [4.78, 5) is 0. The predicted molar refractivity (Wildman–Crippen MR) is 71.1 cm³/mol. The zero-order valence-electron chi connectivity index (χ0n) is 13.7. The van der Waals surface area contributed by atoms with Crippen LogP contribution >= 0.6 is 0 Å². The first-order chi connectivity index (χ1) is 8.06. The number of hydrogen-bond acceptors (Lipinski definition) is 4. The van der Waals surface area contributed by atoms with Gasteiger partial charge in [-0.2, -0.15) is 0 Å². The molecule has 0 unspecified atom stereocenters. The smallest absolute Gasteiger partial charge is 1.00 e. The van der Waals surface area contributed by atoms with E-state index in [1.54, 1.807) is 0 Å². The largest absolute Gasteiger partial charge is 1.00 e. The van der Waals surface area contributed by atoms with Crippen molar-refractivity contribution in [1.82, 2.24) is 0 Å². The van der Waals surface area contributed by atoms with Gasteiger partial charge in [0.25, 0.3) is 0 Å². The molecule has 9 heteroatoms. The summed E-state index contributed by atoms with van der Waals surface area (Å²) in [5, 5.41) is 0. The summed E-state index contributed by atoms with van der Waals surface area (Å²) < 4.78 is 34.5. The van der Waals surface area contributed by atoms with Crippen molar-refractivity contribution >= 4 is 10.4 Å². The monoisotopic (exact) mass is 364 g/mol. The molecule has 0 radical (unpaired) electrons. The molecule has 5 nitrogen and oxygen atoms in total. The van der Waals surface area contributed by atoms with Gasteiger partial charge < -0.3 is 22.4 Å². The Morgan fingerprint density at radius 1 is 0.810 bits per heavy atom. The average molecular weight is 365 g/mol. The molecule has 0 fully saturated rings. The van der Waals surface area contributed by atoms with Crippen LogP contribution in [-0.2, 0) is 14.6 Å². The molecule has 0 aliphatic rings. The van der Waals surface area contributed by atoms with E-state index in [1.807, 2.05) is 0 Å². The van der Waals surface area contributed by atoms with E-state index in [4.69, 9.17) is 0 Å². The Kier molecular flexibility index (Phi) is 40.0. The number of rotatable bonds is 12. The van der Waals surface area contributed by atoms with Crippen molar-refractivity contribution in [2.24, 2.45) is 0 Å². The number of unbranched alkanes of at least 4 members (excludes halogenated alkanes) is 9. The third kappa shape index (κ3) is 34.5. The SMILES string of the molecule is CCCCCCCCCCCCOS(=O)(=O)[O-].O.[Cl-].[Na+].[Na+]. The van der Waals surface area contributed by atoms with E-state index in [9.17, 15) is 13.0 Å².